The Morgan fingerprint density at radius 3 is 2.67 bits per heavy atom. The molecule has 2 nitrogen and oxygen atoms in total. The van der Waals surface area contributed by atoms with E-state index in [0.717, 1.165) is 16.7 Å². The predicted molar refractivity (Wildman–Crippen MR) is 77.8 cm³/mol. The molecule has 1 heterocycles. The minimum absolute atomic E-state index is 0.190. The molecule has 2 aromatic rings. The second kappa shape index (κ2) is 5.72. The Bertz CT molecular complexity index is 533. The van der Waals surface area contributed by atoms with Crippen LogP contribution in [0.5, 0.6) is 0 Å². The van der Waals surface area contributed by atoms with Crippen LogP contribution in [0.15, 0.2) is 39.4 Å². The van der Waals surface area contributed by atoms with Crippen LogP contribution in [0.25, 0.3) is 0 Å². The van der Waals surface area contributed by atoms with E-state index in [1.54, 1.807) is 6.26 Å². The van der Waals surface area contributed by atoms with Crippen LogP contribution in [0.4, 0.5) is 0 Å². The maximum Gasteiger partial charge on any atom is 0.135 e. The molecule has 0 amide bonds. The normalized spacial score (nSPS) is 12.7. The first-order valence-electron chi connectivity index (χ1n) is 6.08. The Hall–Kier alpha value is -1.06. The van der Waals surface area contributed by atoms with Crippen LogP contribution in [0.3, 0.4) is 0 Å². The molecule has 0 aliphatic carbocycles. The molecule has 1 atom stereocenters. The van der Waals surface area contributed by atoms with Gasteiger partial charge in [-0.15, -0.1) is 0 Å². The van der Waals surface area contributed by atoms with Gasteiger partial charge in [0.05, 0.1) is 16.8 Å². The zero-order valence-corrected chi connectivity index (χ0v) is 12.5. The van der Waals surface area contributed by atoms with Crippen molar-refractivity contribution in [3.63, 3.8) is 0 Å². The average Bonchev–Trinajstić information content (AvgIpc) is 2.77. The standard InChI is InChI=1S/C15H18BrNO/c1-10-4-5-11(2)12(8-10)9-14(17-3)15-13(16)6-7-18-15/h4-8,14,17H,9H2,1-3H3. The van der Waals surface area contributed by atoms with E-state index < -0.39 is 0 Å². The van der Waals surface area contributed by atoms with Gasteiger partial charge in [-0.3, -0.25) is 0 Å². The zero-order chi connectivity index (χ0) is 13.1. The lowest BCUT2D eigenvalue weighted by molar-refractivity contribution is 0.426. The minimum atomic E-state index is 0.190. The summed E-state index contributed by atoms with van der Waals surface area (Å²) in [5.74, 6) is 0.957. The molecule has 3 heteroatoms. The summed E-state index contributed by atoms with van der Waals surface area (Å²) < 4.78 is 6.57. The molecule has 0 fully saturated rings. The summed E-state index contributed by atoms with van der Waals surface area (Å²) in [4.78, 5) is 0. The molecule has 1 unspecified atom stereocenters. The van der Waals surface area contributed by atoms with E-state index in [1.165, 1.54) is 16.7 Å². The van der Waals surface area contributed by atoms with E-state index in [4.69, 9.17) is 4.42 Å². The Kier molecular flexibility index (Phi) is 4.25. The first kappa shape index (κ1) is 13.4. The minimum Gasteiger partial charge on any atom is -0.466 e. The molecular weight excluding hydrogens is 290 g/mol. The van der Waals surface area contributed by atoms with Crippen molar-refractivity contribution in [2.75, 3.05) is 7.05 Å². The molecule has 1 aromatic carbocycles. The molecule has 18 heavy (non-hydrogen) atoms. The van der Waals surface area contributed by atoms with Crippen molar-refractivity contribution in [2.45, 2.75) is 26.3 Å². The Morgan fingerprint density at radius 1 is 1.28 bits per heavy atom. The van der Waals surface area contributed by atoms with E-state index in [1.807, 2.05) is 13.1 Å². The second-order valence-electron chi connectivity index (χ2n) is 4.61. The highest BCUT2D eigenvalue weighted by Crippen LogP contribution is 2.28. The van der Waals surface area contributed by atoms with Gasteiger partial charge in [0.1, 0.15) is 5.76 Å². The third kappa shape index (κ3) is 2.85. The summed E-state index contributed by atoms with van der Waals surface area (Å²) in [6.07, 6.45) is 2.64. The lowest BCUT2D eigenvalue weighted by Crippen LogP contribution is -2.19. The maximum atomic E-state index is 5.55. The van der Waals surface area contributed by atoms with Gasteiger partial charge in [-0.2, -0.15) is 0 Å². The van der Waals surface area contributed by atoms with Crippen LogP contribution in [-0.2, 0) is 6.42 Å². The van der Waals surface area contributed by atoms with Gasteiger partial charge < -0.3 is 9.73 Å². The Morgan fingerprint density at radius 2 is 2.06 bits per heavy atom. The first-order valence-corrected chi connectivity index (χ1v) is 6.87. The molecule has 1 aromatic heterocycles. The summed E-state index contributed by atoms with van der Waals surface area (Å²) in [7, 11) is 1.96. The lowest BCUT2D eigenvalue weighted by atomic mass is 9.98. The molecule has 0 spiro atoms. The van der Waals surface area contributed by atoms with Crippen molar-refractivity contribution < 1.29 is 4.42 Å². The van der Waals surface area contributed by atoms with Crippen molar-refractivity contribution in [2.24, 2.45) is 0 Å². The third-order valence-corrected chi connectivity index (χ3v) is 3.89. The summed E-state index contributed by atoms with van der Waals surface area (Å²) in [6, 6.07) is 8.69. The second-order valence-corrected chi connectivity index (χ2v) is 5.46. The van der Waals surface area contributed by atoms with Crippen LogP contribution in [0.2, 0.25) is 0 Å². The number of nitrogens with one attached hydrogen (secondary N) is 1. The topological polar surface area (TPSA) is 25.2 Å². The molecule has 0 saturated heterocycles. The predicted octanol–water partition coefficient (Wildman–Crippen LogP) is 4.16. The molecule has 0 aliphatic heterocycles. The van der Waals surface area contributed by atoms with Crippen LogP contribution >= 0.6 is 15.9 Å². The average molecular weight is 308 g/mol. The van der Waals surface area contributed by atoms with Crippen molar-refractivity contribution >= 4 is 15.9 Å². The number of furan rings is 1. The lowest BCUT2D eigenvalue weighted by Gasteiger charge is -2.16. The van der Waals surface area contributed by atoms with Gasteiger partial charge in [0.25, 0.3) is 0 Å². The number of hydrogen-bond acceptors (Lipinski definition) is 2. The molecule has 0 radical (unpaired) electrons. The molecule has 2 rings (SSSR count). The van der Waals surface area contributed by atoms with Crippen molar-refractivity contribution in [1.29, 1.82) is 0 Å². The van der Waals surface area contributed by atoms with Crippen LogP contribution < -0.4 is 5.32 Å². The van der Waals surface area contributed by atoms with E-state index in [0.29, 0.717) is 0 Å². The molecular formula is C15H18BrNO. The Balaban J connectivity index is 2.26. The van der Waals surface area contributed by atoms with Gasteiger partial charge >= 0.3 is 0 Å². The molecule has 1 N–H and O–H groups in total. The summed E-state index contributed by atoms with van der Waals surface area (Å²) in [5, 5.41) is 3.32. The van der Waals surface area contributed by atoms with E-state index >= 15 is 0 Å². The van der Waals surface area contributed by atoms with Gasteiger partial charge in [-0.1, -0.05) is 23.8 Å². The van der Waals surface area contributed by atoms with E-state index in [-0.39, 0.29) is 6.04 Å². The fourth-order valence-electron chi connectivity index (χ4n) is 2.12. The highest BCUT2D eigenvalue weighted by atomic mass is 79.9. The van der Waals surface area contributed by atoms with Gasteiger partial charge in [-0.25, -0.2) is 0 Å². The number of rotatable bonds is 4. The van der Waals surface area contributed by atoms with Crippen molar-refractivity contribution in [1.82, 2.24) is 5.32 Å². The van der Waals surface area contributed by atoms with Gasteiger partial charge in [-0.05, 0) is 60.4 Å². The molecule has 96 valence electrons. The summed E-state index contributed by atoms with van der Waals surface area (Å²) >= 11 is 3.52. The monoisotopic (exact) mass is 307 g/mol. The largest absolute Gasteiger partial charge is 0.466 e. The van der Waals surface area contributed by atoms with Crippen molar-refractivity contribution in [3.05, 3.63) is 57.5 Å². The quantitative estimate of drug-likeness (QED) is 0.917. The zero-order valence-electron chi connectivity index (χ0n) is 11.0. The van der Waals surface area contributed by atoms with Crippen LogP contribution in [-0.4, -0.2) is 7.05 Å². The number of aryl methyl sites for hydroxylation is 2. The third-order valence-electron chi connectivity index (χ3n) is 3.24. The summed E-state index contributed by atoms with van der Waals surface area (Å²) in [5.41, 5.74) is 3.98. The van der Waals surface area contributed by atoms with Gasteiger partial charge in [0.15, 0.2) is 0 Å². The number of benzene rings is 1. The molecule has 0 saturated carbocycles. The van der Waals surface area contributed by atoms with E-state index in [9.17, 15) is 0 Å². The fourth-order valence-corrected chi connectivity index (χ4v) is 2.60. The number of halogens is 1. The molecule has 0 aliphatic rings. The van der Waals surface area contributed by atoms with Gasteiger partial charge in [0, 0.05) is 0 Å². The Labute approximate surface area is 117 Å². The molecule has 0 bridgehead atoms. The van der Waals surface area contributed by atoms with E-state index in [2.05, 4.69) is 53.3 Å². The maximum absolute atomic E-state index is 5.55. The first-order chi connectivity index (χ1) is 8.61. The summed E-state index contributed by atoms with van der Waals surface area (Å²) in [6.45, 7) is 4.28. The van der Waals surface area contributed by atoms with Crippen LogP contribution in [0.1, 0.15) is 28.5 Å². The van der Waals surface area contributed by atoms with Gasteiger partial charge in [0.2, 0.25) is 0 Å². The highest BCUT2D eigenvalue weighted by Gasteiger charge is 2.17. The smallest absolute Gasteiger partial charge is 0.135 e. The number of hydrogen-bond donors (Lipinski definition) is 1. The fraction of sp³-hybridized carbons (Fsp3) is 0.333. The number of likely N-dealkylation sites (N-methyl/N-ethyl adjacent to an activating group) is 1. The highest BCUT2D eigenvalue weighted by molar-refractivity contribution is 9.10. The SMILES string of the molecule is CNC(Cc1cc(C)ccc1C)c1occc1Br. The van der Waals surface area contributed by atoms with Crippen LogP contribution in [0, 0.1) is 13.8 Å². The van der Waals surface area contributed by atoms with Crippen molar-refractivity contribution in [3.8, 4) is 0 Å².